The van der Waals surface area contributed by atoms with Gasteiger partial charge in [0.25, 0.3) is 0 Å². The van der Waals surface area contributed by atoms with Gasteiger partial charge in [-0.25, -0.2) is 4.68 Å². The number of carbonyl (C=O) groups excluding carboxylic acids is 1. The number of pyridine rings is 1. The van der Waals surface area contributed by atoms with Gasteiger partial charge in [-0.3, -0.25) is 14.7 Å². The molecule has 0 bridgehead atoms. The van der Waals surface area contributed by atoms with Crippen molar-refractivity contribution in [1.29, 1.82) is 0 Å². The first kappa shape index (κ1) is 22.8. The zero-order chi connectivity index (χ0) is 23.4. The summed E-state index contributed by atoms with van der Waals surface area (Å²) in [4.78, 5) is 20.7. The lowest BCUT2D eigenvalue weighted by Crippen LogP contribution is -2.45. The third-order valence-corrected chi connectivity index (χ3v) is 5.94. The van der Waals surface area contributed by atoms with Crippen LogP contribution in [0.1, 0.15) is 29.7 Å². The molecule has 0 saturated carbocycles. The van der Waals surface area contributed by atoms with Crippen LogP contribution in [0, 0.1) is 0 Å². The Morgan fingerprint density at radius 3 is 2.42 bits per heavy atom. The average molecular weight is 459 g/mol. The molecule has 8 nitrogen and oxygen atoms in total. The van der Waals surface area contributed by atoms with E-state index in [2.05, 4.69) is 25.4 Å². The number of alkyl halides is 3. The van der Waals surface area contributed by atoms with Gasteiger partial charge in [0, 0.05) is 38.9 Å². The highest BCUT2D eigenvalue weighted by Gasteiger charge is 2.31. The van der Waals surface area contributed by atoms with E-state index in [0.29, 0.717) is 18.7 Å². The number of tetrazole rings is 1. The molecule has 2 aromatic heterocycles. The minimum Gasteiger partial charge on any atom is -0.342 e. The van der Waals surface area contributed by atoms with Crippen LogP contribution in [0.25, 0.3) is 5.69 Å². The van der Waals surface area contributed by atoms with E-state index in [4.69, 9.17) is 0 Å². The third kappa shape index (κ3) is 5.72. The Kier molecular flexibility index (Phi) is 6.68. The number of halogens is 3. The molecule has 1 aromatic carbocycles. The number of hydrogen-bond donors (Lipinski definition) is 0. The first-order chi connectivity index (χ1) is 15.8. The molecule has 0 radical (unpaired) electrons. The van der Waals surface area contributed by atoms with E-state index in [0.717, 1.165) is 49.4 Å². The van der Waals surface area contributed by atoms with Crippen molar-refractivity contribution in [3.8, 4) is 5.69 Å². The number of hydrogen-bond acceptors (Lipinski definition) is 6. The molecule has 33 heavy (non-hydrogen) atoms. The Hall–Kier alpha value is -3.34. The molecule has 3 heterocycles. The molecule has 11 heteroatoms. The van der Waals surface area contributed by atoms with Crippen molar-refractivity contribution in [2.75, 3.05) is 20.1 Å². The topological polar surface area (TPSA) is 80.0 Å². The molecule has 3 aromatic rings. The second-order valence-corrected chi connectivity index (χ2v) is 8.15. The second-order valence-electron chi connectivity index (χ2n) is 8.15. The fraction of sp³-hybridized carbons (Fsp3) is 0.409. The Bertz CT molecular complexity index is 1050. The number of rotatable bonds is 6. The maximum absolute atomic E-state index is 12.8. The van der Waals surface area contributed by atoms with E-state index >= 15 is 0 Å². The summed E-state index contributed by atoms with van der Waals surface area (Å²) in [7, 11) is 1.83. The number of likely N-dealkylation sites (tertiary alicyclic amines) is 1. The minimum absolute atomic E-state index is 0.0491. The van der Waals surface area contributed by atoms with Crippen LogP contribution in [-0.4, -0.2) is 67.1 Å². The number of benzene rings is 1. The normalized spacial score (nSPS) is 15.5. The van der Waals surface area contributed by atoms with Crippen LogP contribution in [0.15, 0.2) is 48.9 Å². The van der Waals surface area contributed by atoms with Crippen molar-refractivity contribution in [3.05, 3.63) is 65.7 Å². The fourth-order valence-electron chi connectivity index (χ4n) is 3.93. The summed E-state index contributed by atoms with van der Waals surface area (Å²) < 4.78 is 39.6. The Morgan fingerprint density at radius 2 is 1.85 bits per heavy atom. The smallest absolute Gasteiger partial charge is 0.342 e. The van der Waals surface area contributed by atoms with E-state index in [9.17, 15) is 18.0 Å². The van der Waals surface area contributed by atoms with Gasteiger partial charge < -0.3 is 4.90 Å². The fourth-order valence-corrected chi connectivity index (χ4v) is 3.93. The van der Waals surface area contributed by atoms with E-state index in [1.54, 1.807) is 4.68 Å². The van der Waals surface area contributed by atoms with Crippen molar-refractivity contribution in [1.82, 2.24) is 35.0 Å². The zero-order valence-corrected chi connectivity index (χ0v) is 18.1. The number of piperidine rings is 1. The molecule has 174 valence electrons. The lowest BCUT2D eigenvalue weighted by Gasteiger charge is -2.36. The molecule has 1 aliphatic rings. The Morgan fingerprint density at radius 1 is 1.12 bits per heavy atom. The van der Waals surface area contributed by atoms with E-state index in [1.165, 1.54) is 12.4 Å². The summed E-state index contributed by atoms with van der Waals surface area (Å²) in [6.45, 7) is 2.01. The molecule has 1 amide bonds. The number of carbonyl (C=O) groups is 1. The molecule has 0 N–H and O–H groups in total. The average Bonchev–Trinajstić information content (AvgIpc) is 3.34. The maximum Gasteiger partial charge on any atom is 0.417 e. The van der Waals surface area contributed by atoms with Crippen molar-refractivity contribution in [2.45, 2.75) is 38.0 Å². The van der Waals surface area contributed by atoms with E-state index in [1.807, 2.05) is 36.2 Å². The largest absolute Gasteiger partial charge is 0.417 e. The predicted octanol–water partition coefficient (Wildman–Crippen LogP) is 2.74. The van der Waals surface area contributed by atoms with Gasteiger partial charge in [-0.1, -0.05) is 12.1 Å². The molecule has 0 spiro atoms. The number of likely N-dealkylation sites (N-methyl/N-ethyl adjacent to an activating group) is 1. The number of aromatic nitrogens is 5. The van der Waals surface area contributed by atoms with Gasteiger partial charge in [0.15, 0.2) is 0 Å². The standard InChI is InChI=1S/C22H24F3N7O/c1-30(21(33)12-16-2-6-20(7-3-16)32-15-27-28-29-32)19-8-10-31(11-9-19)14-18-5-4-17(13-26-18)22(23,24)25/h2-7,13,15,19H,8-12,14H2,1H3. The van der Waals surface area contributed by atoms with Crippen LogP contribution in [0.4, 0.5) is 13.2 Å². The second kappa shape index (κ2) is 9.65. The van der Waals surface area contributed by atoms with Gasteiger partial charge in [-0.15, -0.1) is 5.10 Å². The molecule has 0 unspecified atom stereocenters. The van der Waals surface area contributed by atoms with Gasteiger partial charge in [0.2, 0.25) is 5.91 Å². The van der Waals surface area contributed by atoms with Gasteiger partial charge in [0.1, 0.15) is 6.33 Å². The molecule has 1 fully saturated rings. The highest BCUT2D eigenvalue weighted by molar-refractivity contribution is 5.78. The van der Waals surface area contributed by atoms with E-state index < -0.39 is 11.7 Å². The van der Waals surface area contributed by atoms with E-state index in [-0.39, 0.29) is 11.9 Å². The summed E-state index contributed by atoms with van der Waals surface area (Å²) in [6.07, 6.45) is -0.0695. The van der Waals surface area contributed by atoms with Gasteiger partial charge in [0.05, 0.1) is 23.4 Å². The van der Waals surface area contributed by atoms with Crippen LogP contribution in [0.5, 0.6) is 0 Å². The predicted molar refractivity (Wildman–Crippen MR) is 113 cm³/mol. The number of amides is 1. The molecule has 4 rings (SSSR count). The number of nitrogens with zero attached hydrogens (tertiary/aromatic N) is 7. The van der Waals surface area contributed by atoms with Gasteiger partial charge in [-0.05, 0) is 53.1 Å². The van der Waals surface area contributed by atoms with Crippen LogP contribution >= 0.6 is 0 Å². The first-order valence-corrected chi connectivity index (χ1v) is 10.6. The summed E-state index contributed by atoms with van der Waals surface area (Å²) in [5.41, 5.74) is 1.60. The van der Waals surface area contributed by atoms with Crippen molar-refractivity contribution in [2.24, 2.45) is 0 Å². The van der Waals surface area contributed by atoms with Crippen LogP contribution in [0.3, 0.4) is 0 Å². The van der Waals surface area contributed by atoms with Crippen LogP contribution in [-0.2, 0) is 23.9 Å². The van der Waals surface area contributed by atoms with Crippen LogP contribution in [0.2, 0.25) is 0 Å². The molecule has 1 aliphatic heterocycles. The first-order valence-electron chi connectivity index (χ1n) is 10.6. The molecular weight excluding hydrogens is 435 g/mol. The van der Waals surface area contributed by atoms with Gasteiger partial charge in [-0.2, -0.15) is 13.2 Å². The quantitative estimate of drug-likeness (QED) is 0.564. The summed E-state index contributed by atoms with van der Waals surface area (Å²) >= 11 is 0. The van der Waals surface area contributed by atoms with Crippen molar-refractivity contribution >= 4 is 5.91 Å². The highest BCUT2D eigenvalue weighted by atomic mass is 19.4. The Balaban J connectivity index is 1.25. The lowest BCUT2D eigenvalue weighted by atomic mass is 10.0. The lowest BCUT2D eigenvalue weighted by molar-refractivity contribution is -0.138. The Labute approximate surface area is 189 Å². The molecular formula is C22H24F3N7O. The molecule has 0 atom stereocenters. The summed E-state index contributed by atoms with van der Waals surface area (Å²) in [5, 5.41) is 11.1. The monoisotopic (exact) mass is 459 g/mol. The maximum atomic E-state index is 12.8. The van der Waals surface area contributed by atoms with Crippen molar-refractivity contribution < 1.29 is 18.0 Å². The third-order valence-electron chi connectivity index (χ3n) is 5.94. The molecule has 1 saturated heterocycles. The van der Waals surface area contributed by atoms with Gasteiger partial charge >= 0.3 is 6.18 Å². The summed E-state index contributed by atoms with van der Waals surface area (Å²) in [5.74, 6) is 0.0491. The summed E-state index contributed by atoms with van der Waals surface area (Å²) in [6, 6.07) is 10.1. The SMILES string of the molecule is CN(C(=O)Cc1ccc(-n2cnnn2)cc1)C1CCN(Cc2ccc(C(F)(F)F)cn2)CC1. The zero-order valence-electron chi connectivity index (χ0n) is 18.1. The van der Waals surface area contributed by atoms with Crippen molar-refractivity contribution in [3.63, 3.8) is 0 Å². The minimum atomic E-state index is -4.38. The highest BCUT2D eigenvalue weighted by Crippen LogP contribution is 2.28. The van der Waals surface area contributed by atoms with Crippen LogP contribution < -0.4 is 0 Å². The molecule has 0 aliphatic carbocycles.